The van der Waals surface area contributed by atoms with Crippen LogP contribution in [0.15, 0.2) is 0 Å². The minimum Gasteiger partial charge on any atom is -0.380 e. The number of nitrogens with one attached hydrogen (secondary N) is 2. The van der Waals surface area contributed by atoms with Gasteiger partial charge in [-0.05, 0) is 19.3 Å². The average Bonchev–Trinajstić information content (AvgIpc) is 2.81. The van der Waals surface area contributed by atoms with Gasteiger partial charge in [-0.25, -0.2) is 0 Å². The van der Waals surface area contributed by atoms with Crippen LogP contribution in [-0.2, 0) is 9.53 Å². The van der Waals surface area contributed by atoms with Gasteiger partial charge in [0.25, 0.3) is 0 Å². The molecule has 1 atom stereocenters. The van der Waals surface area contributed by atoms with E-state index in [0.29, 0.717) is 18.6 Å². The molecule has 4 nitrogen and oxygen atoms in total. The fourth-order valence-electron chi connectivity index (χ4n) is 2.46. The molecule has 0 bridgehead atoms. The molecule has 92 valence electrons. The third-order valence-corrected chi connectivity index (χ3v) is 3.45. The Morgan fingerprint density at radius 2 is 1.94 bits per heavy atom. The van der Waals surface area contributed by atoms with Gasteiger partial charge in [-0.1, -0.05) is 19.3 Å². The van der Waals surface area contributed by atoms with E-state index in [-0.39, 0.29) is 5.91 Å². The molecule has 2 aliphatic rings. The first-order valence-corrected chi connectivity index (χ1v) is 6.45. The summed E-state index contributed by atoms with van der Waals surface area (Å²) in [4.78, 5) is 11.7. The van der Waals surface area contributed by atoms with Gasteiger partial charge in [0, 0.05) is 18.7 Å². The van der Waals surface area contributed by atoms with Gasteiger partial charge >= 0.3 is 0 Å². The molecule has 0 spiro atoms. The Balaban J connectivity index is 1.59. The summed E-state index contributed by atoms with van der Waals surface area (Å²) in [6, 6.07) is 0.792. The number of carbonyl (C=O) groups excluding carboxylic acids is 1. The van der Waals surface area contributed by atoms with Crippen molar-refractivity contribution in [3.8, 4) is 0 Å². The maximum Gasteiger partial charge on any atom is 0.234 e. The standard InChI is InChI=1S/C12H22N2O2/c15-12(8-13-11-6-7-16-9-11)14-10-4-2-1-3-5-10/h10-11,13H,1-9H2,(H,14,15). The first-order valence-electron chi connectivity index (χ1n) is 6.45. The van der Waals surface area contributed by atoms with Gasteiger partial charge in [0.1, 0.15) is 0 Å². The van der Waals surface area contributed by atoms with Crippen molar-refractivity contribution >= 4 is 5.91 Å². The number of amides is 1. The molecule has 16 heavy (non-hydrogen) atoms. The fourth-order valence-corrected chi connectivity index (χ4v) is 2.46. The van der Waals surface area contributed by atoms with Crippen molar-refractivity contribution in [2.75, 3.05) is 19.8 Å². The molecule has 0 aromatic heterocycles. The molecule has 4 heteroatoms. The molecule has 0 radical (unpaired) electrons. The molecule has 1 amide bonds. The summed E-state index contributed by atoms with van der Waals surface area (Å²) in [6.45, 7) is 2.00. The van der Waals surface area contributed by atoms with Crippen molar-refractivity contribution in [1.82, 2.24) is 10.6 Å². The summed E-state index contributed by atoms with van der Waals surface area (Å²) >= 11 is 0. The minimum absolute atomic E-state index is 0.138. The van der Waals surface area contributed by atoms with Crippen LogP contribution in [0.1, 0.15) is 38.5 Å². The Hall–Kier alpha value is -0.610. The van der Waals surface area contributed by atoms with E-state index in [9.17, 15) is 4.79 Å². The highest BCUT2D eigenvalue weighted by molar-refractivity contribution is 5.78. The largest absolute Gasteiger partial charge is 0.380 e. The van der Waals surface area contributed by atoms with Crippen molar-refractivity contribution in [2.45, 2.75) is 50.6 Å². The van der Waals surface area contributed by atoms with E-state index in [0.717, 1.165) is 32.5 Å². The van der Waals surface area contributed by atoms with Crippen LogP contribution in [0.25, 0.3) is 0 Å². The van der Waals surface area contributed by atoms with Crippen LogP contribution < -0.4 is 10.6 Å². The Morgan fingerprint density at radius 1 is 1.12 bits per heavy atom. The van der Waals surface area contributed by atoms with Gasteiger partial charge in [-0.2, -0.15) is 0 Å². The molecular formula is C12H22N2O2. The van der Waals surface area contributed by atoms with Crippen LogP contribution in [0, 0.1) is 0 Å². The second-order valence-corrected chi connectivity index (χ2v) is 4.84. The van der Waals surface area contributed by atoms with Gasteiger partial charge < -0.3 is 15.4 Å². The molecule has 1 aliphatic carbocycles. The third kappa shape index (κ3) is 3.76. The lowest BCUT2D eigenvalue weighted by Gasteiger charge is -2.23. The maximum atomic E-state index is 11.7. The molecule has 1 unspecified atom stereocenters. The van der Waals surface area contributed by atoms with E-state index in [2.05, 4.69) is 10.6 Å². The van der Waals surface area contributed by atoms with Gasteiger partial charge in [0.05, 0.1) is 13.2 Å². The van der Waals surface area contributed by atoms with Crippen LogP contribution in [0.2, 0.25) is 0 Å². The number of hydrogen-bond acceptors (Lipinski definition) is 3. The van der Waals surface area contributed by atoms with Crippen LogP contribution in [0.5, 0.6) is 0 Å². The third-order valence-electron chi connectivity index (χ3n) is 3.45. The van der Waals surface area contributed by atoms with Gasteiger partial charge in [-0.3, -0.25) is 4.79 Å². The molecular weight excluding hydrogens is 204 g/mol. The van der Waals surface area contributed by atoms with Crippen LogP contribution in [0.3, 0.4) is 0 Å². The predicted octanol–water partition coefficient (Wildman–Crippen LogP) is 0.814. The number of rotatable bonds is 4. The zero-order valence-electron chi connectivity index (χ0n) is 9.84. The Morgan fingerprint density at radius 3 is 2.62 bits per heavy atom. The topological polar surface area (TPSA) is 50.4 Å². The zero-order valence-corrected chi connectivity index (χ0v) is 9.84. The van der Waals surface area contributed by atoms with Gasteiger partial charge in [0.15, 0.2) is 0 Å². The van der Waals surface area contributed by atoms with Crippen LogP contribution in [0.4, 0.5) is 0 Å². The highest BCUT2D eigenvalue weighted by Gasteiger charge is 2.18. The van der Waals surface area contributed by atoms with E-state index < -0.39 is 0 Å². The summed E-state index contributed by atoms with van der Waals surface area (Å²) in [5, 5.41) is 6.33. The Labute approximate surface area is 97.1 Å². The Bertz CT molecular complexity index is 221. The second kappa shape index (κ2) is 6.21. The maximum absolute atomic E-state index is 11.7. The predicted molar refractivity (Wildman–Crippen MR) is 62.2 cm³/mol. The Kier molecular flexibility index (Phi) is 4.60. The molecule has 0 aromatic carbocycles. The SMILES string of the molecule is O=C(CNC1CCOC1)NC1CCCCC1. The molecule has 2 fully saturated rings. The molecule has 0 aromatic rings. The molecule has 1 saturated heterocycles. The van der Waals surface area contributed by atoms with E-state index in [1.807, 2.05) is 0 Å². The summed E-state index contributed by atoms with van der Waals surface area (Å²) in [6.07, 6.45) is 7.17. The lowest BCUT2D eigenvalue weighted by molar-refractivity contribution is -0.121. The van der Waals surface area contributed by atoms with Crippen LogP contribution >= 0.6 is 0 Å². The summed E-state index contributed by atoms with van der Waals surface area (Å²) < 4.78 is 5.25. The van der Waals surface area contributed by atoms with E-state index in [1.165, 1.54) is 19.3 Å². The summed E-state index contributed by atoms with van der Waals surface area (Å²) in [7, 11) is 0. The van der Waals surface area contributed by atoms with Crippen molar-refractivity contribution in [1.29, 1.82) is 0 Å². The molecule has 1 saturated carbocycles. The zero-order chi connectivity index (χ0) is 11.2. The van der Waals surface area contributed by atoms with Crippen molar-refractivity contribution in [2.24, 2.45) is 0 Å². The number of hydrogen-bond donors (Lipinski definition) is 2. The van der Waals surface area contributed by atoms with E-state index in [1.54, 1.807) is 0 Å². The first kappa shape index (κ1) is 11.9. The lowest BCUT2D eigenvalue weighted by atomic mass is 9.95. The first-order chi connectivity index (χ1) is 7.84. The molecule has 2 rings (SSSR count). The molecule has 1 heterocycles. The lowest BCUT2D eigenvalue weighted by Crippen LogP contribution is -2.43. The minimum atomic E-state index is 0.138. The quantitative estimate of drug-likeness (QED) is 0.746. The molecule has 1 aliphatic heterocycles. The normalized spacial score (nSPS) is 26.9. The molecule has 2 N–H and O–H groups in total. The monoisotopic (exact) mass is 226 g/mol. The highest BCUT2D eigenvalue weighted by atomic mass is 16.5. The number of ether oxygens (including phenoxy) is 1. The average molecular weight is 226 g/mol. The second-order valence-electron chi connectivity index (χ2n) is 4.84. The van der Waals surface area contributed by atoms with E-state index in [4.69, 9.17) is 4.74 Å². The fraction of sp³-hybridized carbons (Fsp3) is 0.917. The van der Waals surface area contributed by atoms with Crippen molar-refractivity contribution in [3.05, 3.63) is 0 Å². The highest BCUT2D eigenvalue weighted by Crippen LogP contribution is 2.17. The smallest absolute Gasteiger partial charge is 0.234 e. The van der Waals surface area contributed by atoms with Crippen LogP contribution in [-0.4, -0.2) is 37.7 Å². The van der Waals surface area contributed by atoms with E-state index >= 15 is 0 Å². The van der Waals surface area contributed by atoms with Gasteiger partial charge in [-0.15, -0.1) is 0 Å². The van der Waals surface area contributed by atoms with Gasteiger partial charge in [0.2, 0.25) is 5.91 Å². The number of carbonyl (C=O) groups is 1. The van der Waals surface area contributed by atoms with Crippen molar-refractivity contribution in [3.63, 3.8) is 0 Å². The summed E-state index contributed by atoms with van der Waals surface area (Å²) in [5.74, 6) is 0.138. The van der Waals surface area contributed by atoms with Crippen molar-refractivity contribution < 1.29 is 9.53 Å². The summed E-state index contributed by atoms with van der Waals surface area (Å²) in [5.41, 5.74) is 0.